The summed E-state index contributed by atoms with van der Waals surface area (Å²) < 4.78 is 11.0. The molecule has 4 aromatic rings. The van der Waals surface area contributed by atoms with Crippen LogP contribution in [0.5, 0.6) is 0 Å². The van der Waals surface area contributed by atoms with Crippen molar-refractivity contribution in [2.75, 3.05) is 11.5 Å². The number of fused-ring (bicyclic) bond motifs is 2. The molecule has 1 aromatic heterocycles. The van der Waals surface area contributed by atoms with Gasteiger partial charge in [-0.1, -0.05) is 12.1 Å². The molecule has 1 atom stereocenters. The van der Waals surface area contributed by atoms with E-state index in [1.54, 1.807) is 37.3 Å². The van der Waals surface area contributed by atoms with E-state index in [1.807, 2.05) is 13.8 Å². The quantitative estimate of drug-likeness (QED) is 0.209. The van der Waals surface area contributed by atoms with Crippen molar-refractivity contribution in [2.45, 2.75) is 26.8 Å². The first-order valence-electron chi connectivity index (χ1n) is 11.6. The maximum atomic E-state index is 13.8. The molecule has 0 spiro atoms. The van der Waals surface area contributed by atoms with Gasteiger partial charge in [0.15, 0.2) is 5.43 Å². The van der Waals surface area contributed by atoms with Gasteiger partial charge in [0.25, 0.3) is 11.6 Å². The van der Waals surface area contributed by atoms with Crippen LogP contribution in [0, 0.1) is 24.0 Å². The Hall–Kier alpha value is -4.79. The second-order valence-electron chi connectivity index (χ2n) is 8.80. The van der Waals surface area contributed by atoms with Gasteiger partial charge in [-0.15, -0.1) is 0 Å². The van der Waals surface area contributed by atoms with Gasteiger partial charge < -0.3 is 9.15 Å². The molecule has 9 heteroatoms. The zero-order valence-corrected chi connectivity index (χ0v) is 20.3. The molecule has 37 heavy (non-hydrogen) atoms. The summed E-state index contributed by atoms with van der Waals surface area (Å²) >= 11 is 0. The van der Waals surface area contributed by atoms with Crippen molar-refractivity contribution in [3.8, 4) is 0 Å². The molecule has 3 aromatic carbocycles. The first kappa shape index (κ1) is 23.9. The number of nitrogens with zero attached hydrogens (tertiary/aromatic N) is 2. The molecule has 0 N–H and O–H groups in total. The van der Waals surface area contributed by atoms with Crippen LogP contribution in [0.3, 0.4) is 0 Å². The summed E-state index contributed by atoms with van der Waals surface area (Å²) in [5.41, 5.74) is 2.70. The number of hydrogen-bond donors (Lipinski definition) is 0. The lowest BCUT2D eigenvalue weighted by atomic mass is 9.97. The monoisotopic (exact) mass is 498 g/mol. The van der Waals surface area contributed by atoms with Crippen LogP contribution in [0.4, 0.5) is 11.4 Å². The third kappa shape index (κ3) is 3.94. The fraction of sp³-hybridized carbons (Fsp3) is 0.179. The lowest BCUT2D eigenvalue weighted by molar-refractivity contribution is -0.384. The Labute approximate surface area is 211 Å². The summed E-state index contributed by atoms with van der Waals surface area (Å²) in [6, 6.07) is 14.5. The Morgan fingerprint density at radius 2 is 1.76 bits per heavy atom. The summed E-state index contributed by atoms with van der Waals surface area (Å²) in [5.74, 6) is -1.19. The largest absolute Gasteiger partial charge is 0.462 e. The lowest BCUT2D eigenvalue weighted by Gasteiger charge is -2.25. The number of nitro groups is 1. The molecule has 1 aliphatic heterocycles. The highest BCUT2D eigenvalue weighted by atomic mass is 16.6. The van der Waals surface area contributed by atoms with Crippen LogP contribution in [-0.2, 0) is 4.74 Å². The predicted octanol–water partition coefficient (Wildman–Crippen LogP) is 5.24. The molecule has 0 saturated heterocycles. The standard InChI is InChI=1S/C28H22N2O7/c1-4-36-28(33)17-8-10-19(11-9-17)29-24(18-6-5-7-20(14-18)30(34)35)23-25(31)21-12-15(2)16(3)13-22(21)37-26(23)27(29)32/h5-14,24H,4H2,1-3H3. The van der Waals surface area contributed by atoms with Gasteiger partial charge in [-0.25, -0.2) is 4.79 Å². The molecule has 1 aliphatic rings. The highest BCUT2D eigenvalue weighted by Crippen LogP contribution is 2.42. The van der Waals surface area contributed by atoms with Crippen molar-refractivity contribution in [1.82, 2.24) is 0 Å². The van der Waals surface area contributed by atoms with E-state index in [0.717, 1.165) is 11.1 Å². The topological polar surface area (TPSA) is 120 Å². The smallest absolute Gasteiger partial charge is 0.338 e. The average molecular weight is 498 g/mol. The number of anilines is 1. The Balaban J connectivity index is 1.74. The van der Waals surface area contributed by atoms with Crippen LogP contribution < -0.4 is 10.3 Å². The number of non-ortho nitro benzene ring substituents is 1. The second-order valence-corrected chi connectivity index (χ2v) is 8.80. The third-order valence-corrected chi connectivity index (χ3v) is 6.54. The number of benzene rings is 3. The molecule has 1 amide bonds. The summed E-state index contributed by atoms with van der Waals surface area (Å²) in [5, 5.41) is 11.8. The second kappa shape index (κ2) is 9.02. The van der Waals surface area contributed by atoms with E-state index < -0.39 is 22.8 Å². The van der Waals surface area contributed by atoms with E-state index in [4.69, 9.17) is 9.15 Å². The number of carbonyl (C=O) groups excluding carboxylic acids is 2. The van der Waals surface area contributed by atoms with Crippen LogP contribution in [0.2, 0.25) is 0 Å². The van der Waals surface area contributed by atoms with Crippen LogP contribution in [0.15, 0.2) is 69.9 Å². The van der Waals surface area contributed by atoms with Gasteiger partial charge in [-0.05, 0) is 73.9 Å². The Kier molecular flexibility index (Phi) is 5.83. The molecule has 5 rings (SSSR count). The number of rotatable bonds is 5. The number of esters is 1. The molecule has 0 radical (unpaired) electrons. The molecule has 0 aliphatic carbocycles. The third-order valence-electron chi connectivity index (χ3n) is 6.54. The maximum absolute atomic E-state index is 13.8. The molecular formula is C28H22N2O7. The number of ether oxygens (including phenoxy) is 1. The number of aryl methyl sites for hydroxylation is 2. The van der Waals surface area contributed by atoms with Crippen LogP contribution >= 0.6 is 0 Å². The van der Waals surface area contributed by atoms with Gasteiger partial charge in [0.05, 0.1) is 34.1 Å². The van der Waals surface area contributed by atoms with Crippen LogP contribution in [0.25, 0.3) is 11.0 Å². The normalized spacial score (nSPS) is 14.6. The van der Waals surface area contributed by atoms with E-state index in [2.05, 4.69) is 0 Å². The summed E-state index contributed by atoms with van der Waals surface area (Å²) in [6.45, 7) is 5.68. The molecule has 0 saturated carbocycles. The summed E-state index contributed by atoms with van der Waals surface area (Å²) in [6.07, 6.45) is 0. The van der Waals surface area contributed by atoms with Gasteiger partial charge in [0.1, 0.15) is 5.58 Å². The van der Waals surface area contributed by atoms with Crippen molar-refractivity contribution in [3.05, 3.63) is 115 Å². The van der Waals surface area contributed by atoms with Gasteiger partial charge >= 0.3 is 5.97 Å². The number of hydrogen-bond acceptors (Lipinski definition) is 7. The van der Waals surface area contributed by atoms with Gasteiger partial charge in [-0.3, -0.25) is 24.6 Å². The molecule has 2 heterocycles. The molecule has 1 unspecified atom stereocenters. The Morgan fingerprint density at radius 3 is 2.43 bits per heavy atom. The number of carbonyl (C=O) groups is 2. The minimum absolute atomic E-state index is 0.107. The fourth-order valence-electron chi connectivity index (χ4n) is 4.59. The summed E-state index contributed by atoms with van der Waals surface area (Å²) in [7, 11) is 0. The first-order valence-corrected chi connectivity index (χ1v) is 11.6. The minimum Gasteiger partial charge on any atom is -0.462 e. The minimum atomic E-state index is -0.974. The van der Waals surface area contributed by atoms with Crippen molar-refractivity contribution in [3.63, 3.8) is 0 Å². The summed E-state index contributed by atoms with van der Waals surface area (Å²) in [4.78, 5) is 52.0. The van der Waals surface area contributed by atoms with E-state index >= 15 is 0 Å². The van der Waals surface area contributed by atoms with Crippen LogP contribution in [-0.4, -0.2) is 23.4 Å². The molecule has 0 bridgehead atoms. The Morgan fingerprint density at radius 1 is 1.05 bits per heavy atom. The van der Waals surface area contributed by atoms with Crippen molar-refractivity contribution in [2.24, 2.45) is 0 Å². The average Bonchev–Trinajstić information content (AvgIpc) is 3.18. The van der Waals surface area contributed by atoms with E-state index in [9.17, 15) is 24.5 Å². The van der Waals surface area contributed by atoms with E-state index in [1.165, 1.54) is 35.2 Å². The van der Waals surface area contributed by atoms with Crippen molar-refractivity contribution in [1.29, 1.82) is 0 Å². The first-order chi connectivity index (χ1) is 17.7. The molecular weight excluding hydrogens is 476 g/mol. The fourth-order valence-corrected chi connectivity index (χ4v) is 4.59. The number of nitro benzene ring substituents is 1. The Bertz CT molecular complexity index is 1650. The van der Waals surface area contributed by atoms with Gasteiger partial charge in [0.2, 0.25) is 5.76 Å². The zero-order chi connectivity index (χ0) is 26.4. The van der Waals surface area contributed by atoms with E-state index in [-0.39, 0.29) is 34.6 Å². The van der Waals surface area contributed by atoms with Crippen LogP contribution in [0.1, 0.15) is 56.1 Å². The highest BCUT2D eigenvalue weighted by molar-refractivity contribution is 6.11. The van der Waals surface area contributed by atoms with Gasteiger partial charge in [-0.2, -0.15) is 0 Å². The predicted molar refractivity (Wildman–Crippen MR) is 136 cm³/mol. The maximum Gasteiger partial charge on any atom is 0.338 e. The van der Waals surface area contributed by atoms with E-state index in [0.29, 0.717) is 22.2 Å². The van der Waals surface area contributed by atoms with Gasteiger partial charge in [0, 0.05) is 17.8 Å². The molecule has 186 valence electrons. The van der Waals surface area contributed by atoms with Crippen molar-refractivity contribution >= 4 is 34.2 Å². The lowest BCUT2D eigenvalue weighted by Crippen LogP contribution is -2.29. The van der Waals surface area contributed by atoms with Crippen molar-refractivity contribution < 1.29 is 23.7 Å². The SMILES string of the molecule is CCOC(=O)c1ccc(N2C(=O)c3oc4cc(C)c(C)cc4c(=O)c3C2c2cccc([N+](=O)[O-])c2)cc1. The molecule has 0 fully saturated rings. The zero-order valence-electron chi connectivity index (χ0n) is 20.3. The highest BCUT2D eigenvalue weighted by Gasteiger charge is 2.44. The number of amides is 1. The molecule has 9 nitrogen and oxygen atoms in total.